The topological polar surface area (TPSA) is 34.2 Å². The highest BCUT2D eigenvalue weighted by Crippen LogP contribution is 2.28. The largest absolute Gasteiger partial charge is 0.496 e. The lowest BCUT2D eigenvalue weighted by molar-refractivity contribution is 0.411. The molecule has 0 spiro atoms. The summed E-state index contributed by atoms with van der Waals surface area (Å²) in [5.41, 5.74) is 3.64. The molecular weight excluding hydrogens is 328 g/mol. The Morgan fingerprint density at radius 1 is 1.33 bits per heavy atom. The first kappa shape index (κ1) is 16.0. The molecule has 1 heterocycles. The van der Waals surface area contributed by atoms with Crippen LogP contribution in [0.2, 0.25) is 0 Å². The molecule has 2 aromatic rings. The number of aromatic nitrogens is 1. The molecule has 0 amide bonds. The van der Waals surface area contributed by atoms with Gasteiger partial charge in [-0.25, -0.2) is 0 Å². The highest BCUT2D eigenvalue weighted by molar-refractivity contribution is 9.10. The van der Waals surface area contributed by atoms with Crippen molar-refractivity contribution in [2.24, 2.45) is 0 Å². The summed E-state index contributed by atoms with van der Waals surface area (Å²) in [6.07, 6.45) is 2.86. The van der Waals surface area contributed by atoms with Crippen LogP contribution in [-0.4, -0.2) is 12.1 Å². The Balaban J connectivity index is 2.04. The van der Waals surface area contributed by atoms with Gasteiger partial charge in [-0.3, -0.25) is 4.98 Å². The molecule has 2 rings (SSSR count). The maximum atomic E-state index is 5.26. The second-order valence-corrected chi connectivity index (χ2v) is 5.81. The van der Waals surface area contributed by atoms with E-state index in [1.807, 2.05) is 18.3 Å². The predicted molar refractivity (Wildman–Crippen MR) is 89.6 cm³/mol. The van der Waals surface area contributed by atoms with Crippen LogP contribution >= 0.6 is 15.9 Å². The molecule has 4 heteroatoms. The van der Waals surface area contributed by atoms with E-state index in [4.69, 9.17) is 4.74 Å². The molecule has 0 aliphatic carbocycles. The Morgan fingerprint density at radius 3 is 2.81 bits per heavy atom. The van der Waals surface area contributed by atoms with Crippen molar-refractivity contribution in [3.63, 3.8) is 0 Å². The molecule has 0 radical (unpaired) electrons. The Bertz CT molecular complexity index is 601. The van der Waals surface area contributed by atoms with Crippen molar-refractivity contribution in [2.45, 2.75) is 32.9 Å². The van der Waals surface area contributed by atoms with Crippen LogP contribution in [0.3, 0.4) is 0 Å². The van der Waals surface area contributed by atoms with Gasteiger partial charge in [-0.2, -0.15) is 0 Å². The predicted octanol–water partition coefficient (Wildman–Crippen LogP) is 4.27. The average Bonchev–Trinajstić information content (AvgIpc) is 2.52. The minimum atomic E-state index is 0.249. The van der Waals surface area contributed by atoms with Crippen LogP contribution in [0, 0.1) is 0 Å². The van der Waals surface area contributed by atoms with Crippen molar-refractivity contribution in [1.29, 1.82) is 0 Å². The van der Waals surface area contributed by atoms with Gasteiger partial charge in [0.2, 0.25) is 0 Å². The lowest BCUT2D eigenvalue weighted by atomic mass is 10.1. The summed E-state index contributed by atoms with van der Waals surface area (Å²) in [7, 11) is 1.68. The molecule has 3 nitrogen and oxygen atoms in total. The molecule has 21 heavy (non-hydrogen) atoms. The standard InChI is InChI=1S/C17H21BrN2O/c1-4-13-6-5-9-19-16(13)11-20-12(2)14-7-8-17(21-3)15(18)10-14/h5-10,12,20H,4,11H2,1-3H3. The number of ether oxygens (including phenoxy) is 1. The fourth-order valence-electron chi connectivity index (χ4n) is 2.27. The Morgan fingerprint density at radius 2 is 2.14 bits per heavy atom. The highest BCUT2D eigenvalue weighted by atomic mass is 79.9. The summed E-state index contributed by atoms with van der Waals surface area (Å²) in [4.78, 5) is 4.47. The minimum Gasteiger partial charge on any atom is -0.496 e. The Kier molecular flexibility index (Phi) is 5.76. The van der Waals surface area contributed by atoms with Crippen molar-refractivity contribution >= 4 is 15.9 Å². The van der Waals surface area contributed by atoms with E-state index in [2.05, 4.69) is 58.3 Å². The van der Waals surface area contributed by atoms with Crippen LogP contribution in [0.25, 0.3) is 0 Å². The fraction of sp³-hybridized carbons (Fsp3) is 0.353. The number of nitrogens with zero attached hydrogens (tertiary/aromatic N) is 1. The van der Waals surface area contributed by atoms with E-state index in [0.29, 0.717) is 0 Å². The summed E-state index contributed by atoms with van der Waals surface area (Å²) >= 11 is 3.53. The second kappa shape index (κ2) is 7.57. The summed E-state index contributed by atoms with van der Waals surface area (Å²) in [6, 6.07) is 10.5. The maximum Gasteiger partial charge on any atom is 0.133 e. The Labute approximate surface area is 134 Å². The zero-order valence-corrected chi connectivity index (χ0v) is 14.3. The molecule has 0 fully saturated rings. The van der Waals surface area contributed by atoms with Gasteiger partial charge in [0.05, 0.1) is 17.3 Å². The summed E-state index contributed by atoms with van der Waals surface area (Å²) in [5.74, 6) is 0.851. The van der Waals surface area contributed by atoms with E-state index < -0.39 is 0 Å². The lowest BCUT2D eigenvalue weighted by Gasteiger charge is -2.16. The van der Waals surface area contributed by atoms with E-state index in [9.17, 15) is 0 Å². The molecule has 1 aromatic heterocycles. The van der Waals surface area contributed by atoms with E-state index in [-0.39, 0.29) is 6.04 Å². The number of pyridine rings is 1. The van der Waals surface area contributed by atoms with Gasteiger partial charge in [0.1, 0.15) is 5.75 Å². The van der Waals surface area contributed by atoms with Gasteiger partial charge < -0.3 is 10.1 Å². The molecule has 0 aliphatic rings. The van der Waals surface area contributed by atoms with Gasteiger partial charge >= 0.3 is 0 Å². The van der Waals surface area contributed by atoms with E-state index in [1.54, 1.807) is 7.11 Å². The van der Waals surface area contributed by atoms with Gasteiger partial charge in [-0.15, -0.1) is 0 Å². The van der Waals surface area contributed by atoms with E-state index in [1.165, 1.54) is 11.1 Å². The number of rotatable bonds is 6. The van der Waals surface area contributed by atoms with E-state index in [0.717, 1.165) is 28.9 Å². The van der Waals surface area contributed by atoms with Crippen LogP contribution in [0.15, 0.2) is 41.0 Å². The zero-order valence-electron chi connectivity index (χ0n) is 12.7. The van der Waals surface area contributed by atoms with Crippen molar-refractivity contribution < 1.29 is 4.74 Å². The average molecular weight is 349 g/mol. The zero-order chi connectivity index (χ0) is 15.2. The van der Waals surface area contributed by atoms with Gasteiger partial charge in [0, 0.05) is 18.8 Å². The fourth-order valence-corrected chi connectivity index (χ4v) is 2.83. The third kappa shape index (κ3) is 4.05. The lowest BCUT2D eigenvalue weighted by Crippen LogP contribution is -2.19. The molecular formula is C17H21BrN2O. The van der Waals surface area contributed by atoms with Gasteiger partial charge in [-0.1, -0.05) is 19.1 Å². The van der Waals surface area contributed by atoms with Crippen molar-refractivity contribution in [1.82, 2.24) is 10.3 Å². The highest BCUT2D eigenvalue weighted by Gasteiger charge is 2.09. The van der Waals surface area contributed by atoms with Crippen LogP contribution in [0.4, 0.5) is 0 Å². The monoisotopic (exact) mass is 348 g/mol. The number of aryl methyl sites for hydroxylation is 1. The first-order valence-electron chi connectivity index (χ1n) is 7.15. The SMILES string of the molecule is CCc1cccnc1CNC(C)c1ccc(OC)c(Br)c1. The maximum absolute atomic E-state index is 5.26. The normalized spacial score (nSPS) is 12.2. The molecule has 0 bridgehead atoms. The number of hydrogen-bond donors (Lipinski definition) is 1. The van der Waals surface area contributed by atoms with Gasteiger partial charge in [-0.05, 0) is 58.6 Å². The van der Waals surface area contributed by atoms with Gasteiger partial charge in [0.15, 0.2) is 0 Å². The first-order chi connectivity index (χ1) is 10.2. The minimum absolute atomic E-state index is 0.249. The van der Waals surface area contributed by atoms with Crippen LogP contribution in [0.5, 0.6) is 5.75 Å². The number of nitrogens with one attached hydrogen (secondary N) is 1. The molecule has 1 N–H and O–H groups in total. The summed E-state index contributed by atoms with van der Waals surface area (Å²) in [5, 5.41) is 3.53. The molecule has 0 aliphatic heterocycles. The van der Waals surface area contributed by atoms with Crippen LogP contribution in [-0.2, 0) is 13.0 Å². The molecule has 1 atom stereocenters. The second-order valence-electron chi connectivity index (χ2n) is 4.96. The third-order valence-corrected chi connectivity index (χ3v) is 4.24. The van der Waals surface area contributed by atoms with Crippen molar-refractivity contribution in [2.75, 3.05) is 7.11 Å². The van der Waals surface area contributed by atoms with Crippen LogP contribution < -0.4 is 10.1 Å². The smallest absolute Gasteiger partial charge is 0.133 e. The molecule has 112 valence electrons. The Hall–Kier alpha value is -1.39. The summed E-state index contributed by atoms with van der Waals surface area (Å²) < 4.78 is 6.24. The molecule has 0 saturated carbocycles. The van der Waals surface area contributed by atoms with Crippen LogP contribution in [0.1, 0.15) is 36.7 Å². The first-order valence-corrected chi connectivity index (χ1v) is 7.94. The van der Waals surface area contributed by atoms with Gasteiger partial charge in [0.25, 0.3) is 0 Å². The van der Waals surface area contributed by atoms with Crippen molar-refractivity contribution in [3.05, 3.63) is 57.8 Å². The number of methoxy groups -OCH3 is 1. The van der Waals surface area contributed by atoms with E-state index >= 15 is 0 Å². The number of halogens is 1. The third-order valence-electron chi connectivity index (χ3n) is 3.62. The van der Waals surface area contributed by atoms with Crippen molar-refractivity contribution in [3.8, 4) is 5.75 Å². The molecule has 0 saturated heterocycles. The number of hydrogen-bond acceptors (Lipinski definition) is 3. The quantitative estimate of drug-likeness (QED) is 0.846. The molecule has 1 unspecified atom stereocenters. The molecule has 1 aromatic carbocycles. The summed E-state index contributed by atoms with van der Waals surface area (Å²) in [6.45, 7) is 5.09. The number of benzene rings is 1.